The number of rotatable bonds is 7. The summed E-state index contributed by atoms with van der Waals surface area (Å²) in [6.45, 7) is -13.6. The standard InChI is InChI=1S/C23H28N2O5/c26-15-18(16-6-2-1-3-7-16)24-21(23(28)25-10-4-5-11-25)22(27)17-8-9-19-20(14-17)30-13-12-29-19/h1-3,6-9,14,18,21-22,24,26-27H,4-5,10-13,15H2/t18?,21-,22+/m0/s1/i4D2,5D2,10D2,11D2,12D2,13D2. The first-order valence-corrected chi connectivity index (χ1v) is 9.10. The average molecular weight is 425 g/mol. The third-order valence-electron chi connectivity index (χ3n) is 4.64. The highest BCUT2D eigenvalue weighted by molar-refractivity contribution is 5.83. The molecule has 0 saturated carbocycles. The summed E-state index contributed by atoms with van der Waals surface area (Å²) < 4.78 is 106. The summed E-state index contributed by atoms with van der Waals surface area (Å²) in [5, 5.41) is 24.2. The molecule has 2 heterocycles. The van der Waals surface area contributed by atoms with Crippen LogP contribution >= 0.6 is 0 Å². The minimum atomic E-state index is -3.55. The van der Waals surface area contributed by atoms with Gasteiger partial charge in [0.25, 0.3) is 0 Å². The van der Waals surface area contributed by atoms with Crippen LogP contribution in [0.4, 0.5) is 0 Å². The first-order chi connectivity index (χ1) is 19.1. The van der Waals surface area contributed by atoms with Crippen molar-refractivity contribution < 1.29 is 40.9 Å². The van der Waals surface area contributed by atoms with Crippen molar-refractivity contribution in [3.05, 3.63) is 59.7 Å². The molecule has 3 N–H and O–H groups in total. The Morgan fingerprint density at radius 2 is 1.77 bits per heavy atom. The minimum Gasteiger partial charge on any atom is -0.486 e. The molecule has 7 heteroatoms. The van der Waals surface area contributed by atoms with Crippen LogP contribution in [0.3, 0.4) is 0 Å². The number of ether oxygens (including phenoxy) is 2. The number of nitrogens with zero attached hydrogens (tertiary/aromatic N) is 1. The zero-order chi connectivity index (χ0) is 31.7. The molecule has 1 saturated heterocycles. The molecule has 0 radical (unpaired) electrons. The smallest absolute Gasteiger partial charge is 0.242 e. The van der Waals surface area contributed by atoms with Crippen LogP contribution in [-0.4, -0.2) is 59.8 Å². The van der Waals surface area contributed by atoms with E-state index in [4.69, 9.17) is 25.9 Å². The quantitative estimate of drug-likeness (QED) is 0.628. The van der Waals surface area contributed by atoms with Crippen molar-refractivity contribution in [1.29, 1.82) is 0 Å². The number of hydrogen-bond acceptors (Lipinski definition) is 6. The van der Waals surface area contributed by atoms with E-state index in [0.717, 1.165) is 18.2 Å². The molecule has 2 aliphatic rings. The highest BCUT2D eigenvalue weighted by Crippen LogP contribution is 2.34. The number of nitrogens with one attached hydrogen (secondary N) is 1. The van der Waals surface area contributed by atoms with Gasteiger partial charge in [-0.25, -0.2) is 0 Å². The second-order valence-electron chi connectivity index (χ2n) is 6.50. The Bertz CT molecular complexity index is 1320. The van der Waals surface area contributed by atoms with E-state index in [1.807, 2.05) is 0 Å². The highest BCUT2D eigenvalue weighted by Gasteiger charge is 2.35. The zero-order valence-corrected chi connectivity index (χ0v) is 15.6. The fourth-order valence-electron chi connectivity index (χ4n) is 3.12. The Balaban J connectivity index is 1.81. The van der Waals surface area contributed by atoms with Gasteiger partial charge in [0, 0.05) is 24.0 Å². The van der Waals surface area contributed by atoms with E-state index in [2.05, 4.69) is 5.32 Å². The third-order valence-corrected chi connectivity index (χ3v) is 4.64. The van der Waals surface area contributed by atoms with Gasteiger partial charge in [-0.2, -0.15) is 0 Å². The Labute approximate surface area is 193 Å². The number of carbonyl (C=O) groups excluding carboxylic acids is 1. The number of carbonyl (C=O) groups is 1. The Kier molecular flexibility index (Phi) is 3.35. The molecule has 3 atom stereocenters. The number of fused-ring (bicyclic) bond motifs is 1. The van der Waals surface area contributed by atoms with Gasteiger partial charge in [-0.05, 0) is 36.0 Å². The number of benzene rings is 2. The predicted octanol–water partition coefficient (Wildman–Crippen LogP) is 1.81. The zero-order valence-electron chi connectivity index (χ0n) is 27.6. The minimum absolute atomic E-state index is 0.197. The monoisotopic (exact) mass is 424 g/mol. The molecule has 0 bridgehead atoms. The predicted molar refractivity (Wildman–Crippen MR) is 111 cm³/mol. The van der Waals surface area contributed by atoms with Crippen LogP contribution in [-0.2, 0) is 4.79 Å². The van der Waals surface area contributed by atoms with E-state index < -0.39 is 69.6 Å². The topological polar surface area (TPSA) is 91.3 Å². The molecular formula is C23H28N2O5. The van der Waals surface area contributed by atoms with E-state index in [1.165, 1.54) is 0 Å². The molecule has 2 aliphatic heterocycles. The maximum atomic E-state index is 14.0. The molecule has 0 aromatic heterocycles. The van der Waals surface area contributed by atoms with Crippen LogP contribution in [0.2, 0.25) is 0 Å². The van der Waals surface area contributed by atoms with E-state index in [1.54, 1.807) is 30.3 Å². The first-order valence-electron chi connectivity index (χ1n) is 15.1. The molecule has 160 valence electrons. The van der Waals surface area contributed by atoms with Gasteiger partial charge in [-0.3, -0.25) is 10.1 Å². The average Bonchev–Trinajstić information content (AvgIpc) is 2.95. The van der Waals surface area contributed by atoms with Crippen molar-refractivity contribution in [1.82, 2.24) is 10.2 Å². The molecule has 1 fully saturated rings. The maximum Gasteiger partial charge on any atom is 0.242 e. The summed E-state index contributed by atoms with van der Waals surface area (Å²) in [6.07, 6.45) is -9.10. The lowest BCUT2D eigenvalue weighted by Crippen LogP contribution is -2.50. The fourth-order valence-corrected chi connectivity index (χ4v) is 3.12. The van der Waals surface area contributed by atoms with Crippen molar-refractivity contribution in [3.8, 4) is 11.5 Å². The summed E-state index contributed by atoms with van der Waals surface area (Å²) in [7, 11) is 0. The van der Waals surface area contributed by atoms with Crippen molar-refractivity contribution >= 4 is 5.91 Å². The second-order valence-corrected chi connectivity index (χ2v) is 6.50. The van der Waals surface area contributed by atoms with E-state index in [-0.39, 0.29) is 22.0 Å². The van der Waals surface area contributed by atoms with Gasteiger partial charge in [0.05, 0.1) is 18.1 Å². The lowest BCUT2D eigenvalue weighted by molar-refractivity contribution is -0.135. The van der Waals surface area contributed by atoms with Crippen molar-refractivity contribution in [2.75, 3.05) is 32.7 Å². The van der Waals surface area contributed by atoms with Crippen LogP contribution in [0.15, 0.2) is 48.5 Å². The SMILES string of the molecule is [2H]C1([2H])Oc2ccc([C@@H](O)[C@H](NC(CO)c3ccccc3)C(=O)N3C([2H])([2H])C([2H])([2H])C([2H])([2H])C3([2H])[2H])cc2OC1([2H])[2H]. The molecule has 0 spiro atoms. The lowest BCUT2D eigenvalue weighted by atomic mass is 9.98. The summed E-state index contributed by atoms with van der Waals surface area (Å²) in [5.41, 5.74) is 0.207. The van der Waals surface area contributed by atoms with Crippen LogP contribution in [0, 0.1) is 0 Å². The van der Waals surface area contributed by atoms with Crippen molar-refractivity contribution in [2.45, 2.75) is 30.9 Å². The van der Waals surface area contributed by atoms with Crippen molar-refractivity contribution in [3.63, 3.8) is 0 Å². The normalized spacial score (nSPS) is 34.7. The largest absolute Gasteiger partial charge is 0.486 e. The molecule has 1 amide bonds. The van der Waals surface area contributed by atoms with Crippen LogP contribution in [0.5, 0.6) is 11.5 Å². The maximum absolute atomic E-state index is 14.0. The summed E-state index contributed by atoms with van der Waals surface area (Å²) in [5.74, 6) is -2.19. The molecule has 1 unspecified atom stereocenters. The molecule has 30 heavy (non-hydrogen) atoms. The number of hydrogen-bond donors (Lipinski definition) is 3. The molecule has 7 nitrogen and oxygen atoms in total. The van der Waals surface area contributed by atoms with Gasteiger partial charge >= 0.3 is 0 Å². The number of amides is 1. The van der Waals surface area contributed by atoms with Gasteiger partial charge in [0.2, 0.25) is 5.91 Å². The summed E-state index contributed by atoms with van der Waals surface area (Å²) in [6, 6.07) is 8.18. The van der Waals surface area contributed by atoms with E-state index >= 15 is 0 Å². The molecule has 2 aromatic carbocycles. The van der Waals surface area contributed by atoms with Crippen LogP contribution in [0.25, 0.3) is 0 Å². The van der Waals surface area contributed by atoms with E-state index in [9.17, 15) is 15.0 Å². The van der Waals surface area contributed by atoms with E-state index in [0.29, 0.717) is 5.56 Å². The fraction of sp³-hybridized carbons (Fsp3) is 0.435. The molecular weight excluding hydrogens is 384 g/mol. The Morgan fingerprint density at radius 1 is 1.07 bits per heavy atom. The summed E-state index contributed by atoms with van der Waals surface area (Å²) >= 11 is 0. The van der Waals surface area contributed by atoms with Gasteiger partial charge in [-0.15, -0.1) is 0 Å². The first kappa shape index (κ1) is 10.6. The number of aliphatic hydroxyl groups is 2. The van der Waals surface area contributed by atoms with Gasteiger partial charge in [0.15, 0.2) is 11.5 Å². The van der Waals surface area contributed by atoms with Gasteiger partial charge in [0.1, 0.15) is 25.3 Å². The van der Waals surface area contributed by atoms with Crippen molar-refractivity contribution in [2.24, 2.45) is 0 Å². The molecule has 0 aliphatic carbocycles. The number of likely N-dealkylation sites (tertiary alicyclic amines) is 1. The molecule has 4 rings (SSSR count). The number of aliphatic hydroxyl groups excluding tert-OH is 2. The lowest BCUT2D eigenvalue weighted by Gasteiger charge is -2.31. The van der Waals surface area contributed by atoms with Gasteiger partial charge in [-0.1, -0.05) is 36.4 Å². The third kappa shape index (κ3) is 4.43. The van der Waals surface area contributed by atoms with Crippen LogP contribution < -0.4 is 14.8 Å². The van der Waals surface area contributed by atoms with Crippen LogP contribution in [0.1, 0.15) is 52.5 Å². The highest BCUT2D eigenvalue weighted by atomic mass is 16.6. The Morgan fingerprint density at radius 3 is 2.47 bits per heavy atom. The van der Waals surface area contributed by atoms with Gasteiger partial charge < -0.3 is 24.6 Å². The molecule has 2 aromatic rings. The Hall–Kier alpha value is -2.61. The second kappa shape index (κ2) is 9.47. The summed E-state index contributed by atoms with van der Waals surface area (Å²) in [4.78, 5) is 13.7.